The Morgan fingerprint density at radius 2 is 2.08 bits per heavy atom. The summed E-state index contributed by atoms with van der Waals surface area (Å²) in [7, 11) is 0. The molecule has 1 saturated heterocycles. The Bertz CT molecular complexity index is 831. The van der Waals surface area contributed by atoms with Gasteiger partial charge in [-0.1, -0.05) is 18.2 Å². The van der Waals surface area contributed by atoms with Gasteiger partial charge in [-0.15, -0.1) is 11.3 Å². The van der Waals surface area contributed by atoms with Crippen molar-refractivity contribution in [1.82, 2.24) is 20.2 Å². The zero-order valence-electron chi connectivity index (χ0n) is 13.9. The summed E-state index contributed by atoms with van der Waals surface area (Å²) in [6, 6.07) is 13.9. The number of piperidine rings is 1. The van der Waals surface area contributed by atoms with Gasteiger partial charge >= 0.3 is 6.03 Å². The molecule has 0 spiro atoms. The van der Waals surface area contributed by atoms with Crippen LogP contribution in [0.3, 0.4) is 0 Å². The SMILES string of the molecule is O=C(NCc1ccccn1)N1CCCCC1c1nc2ccccc2s1. The van der Waals surface area contributed by atoms with Crippen molar-refractivity contribution in [3.05, 3.63) is 59.4 Å². The second-order valence-electron chi connectivity index (χ2n) is 6.20. The van der Waals surface area contributed by atoms with Gasteiger partial charge in [-0.05, 0) is 43.5 Å². The Morgan fingerprint density at radius 3 is 2.92 bits per heavy atom. The minimum absolute atomic E-state index is 0.0328. The molecule has 3 heterocycles. The number of nitrogens with zero attached hydrogens (tertiary/aromatic N) is 3. The van der Waals surface area contributed by atoms with Crippen LogP contribution in [-0.4, -0.2) is 27.4 Å². The summed E-state index contributed by atoms with van der Waals surface area (Å²) in [6.07, 6.45) is 4.88. The number of benzene rings is 1. The van der Waals surface area contributed by atoms with Gasteiger partial charge in [-0.25, -0.2) is 9.78 Å². The zero-order valence-corrected chi connectivity index (χ0v) is 14.7. The van der Waals surface area contributed by atoms with Crippen LogP contribution in [0, 0.1) is 0 Å². The number of pyridine rings is 1. The van der Waals surface area contributed by atoms with Crippen molar-refractivity contribution in [3.63, 3.8) is 0 Å². The molecule has 0 aliphatic carbocycles. The fourth-order valence-electron chi connectivity index (χ4n) is 3.23. The Labute approximate surface area is 150 Å². The number of nitrogens with one attached hydrogen (secondary N) is 1. The van der Waals surface area contributed by atoms with Crippen LogP contribution >= 0.6 is 11.3 Å². The number of fused-ring (bicyclic) bond motifs is 1. The number of rotatable bonds is 3. The number of para-hydroxylation sites is 1. The summed E-state index contributed by atoms with van der Waals surface area (Å²) in [5, 5.41) is 4.04. The molecule has 4 rings (SSSR count). The van der Waals surface area contributed by atoms with Crippen LogP contribution in [-0.2, 0) is 6.54 Å². The van der Waals surface area contributed by atoms with Crippen LogP contribution in [0.4, 0.5) is 4.79 Å². The van der Waals surface area contributed by atoms with Crippen molar-refractivity contribution in [2.45, 2.75) is 31.8 Å². The van der Waals surface area contributed by atoms with Gasteiger partial charge in [0.2, 0.25) is 0 Å². The maximum atomic E-state index is 12.7. The summed E-state index contributed by atoms with van der Waals surface area (Å²) < 4.78 is 1.18. The van der Waals surface area contributed by atoms with Crippen LogP contribution < -0.4 is 5.32 Å². The Hall–Kier alpha value is -2.47. The van der Waals surface area contributed by atoms with Gasteiger partial charge < -0.3 is 10.2 Å². The van der Waals surface area contributed by atoms with Gasteiger partial charge in [0.15, 0.2) is 0 Å². The summed E-state index contributed by atoms with van der Waals surface area (Å²) in [5.41, 5.74) is 1.88. The number of likely N-dealkylation sites (tertiary alicyclic amines) is 1. The average Bonchev–Trinajstić information content (AvgIpc) is 3.11. The summed E-state index contributed by atoms with van der Waals surface area (Å²) >= 11 is 1.69. The van der Waals surface area contributed by atoms with E-state index in [4.69, 9.17) is 4.98 Å². The quantitative estimate of drug-likeness (QED) is 0.771. The summed E-state index contributed by atoms with van der Waals surface area (Å²) in [4.78, 5) is 23.7. The molecule has 0 bridgehead atoms. The molecule has 1 aliphatic rings. The van der Waals surface area contributed by atoms with E-state index < -0.39 is 0 Å². The van der Waals surface area contributed by atoms with Crippen molar-refractivity contribution in [2.24, 2.45) is 0 Å². The number of urea groups is 1. The second kappa shape index (κ2) is 7.19. The molecule has 1 unspecified atom stereocenters. The van der Waals surface area contributed by atoms with E-state index in [0.29, 0.717) is 6.54 Å². The predicted octanol–water partition coefficient (Wildman–Crippen LogP) is 4.13. The first kappa shape index (κ1) is 16.0. The molecule has 6 heteroatoms. The zero-order chi connectivity index (χ0) is 17.1. The first-order chi connectivity index (χ1) is 12.3. The van der Waals surface area contributed by atoms with E-state index in [1.807, 2.05) is 41.3 Å². The number of amides is 2. The molecule has 1 aromatic carbocycles. The highest BCUT2D eigenvalue weighted by Gasteiger charge is 2.30. The Balaban J connectivity index is 1.51. The third kappa shape index (κ3) is 3.49. The van der Waals surface area contributed by atoms with Crippen molar-refractivity contribution in [2.75, 3.05) is 6.54 Å². The highest BCUT2D eigenvalue weighted by molar-refractivity contribution is 7.18. The molecule has 128 valence electrons. The van der Waals surface area contributed by atoms with Gasteiger partial charge in [0.1, 0.15) is 5.01 Å². The Kier molecular flexibility index (Phi) is 4.61. The van der Waals surface area contributed by atoms with Crippen molar-refractivity contribution < 1.29 is 4.79 Å². The lowest BCUT2D eigenvalue weighted by Gasteiger charge is -2.34. The fraction of sp³-hybridized carbons (Fsp3) is 0.316. The molecule has 1 atom stereocenters. The number of aromatic nitrogens is 2. The number of carbonyl (C=O) groups excluding carboxylic acids is 1. The highest BCUT2D eigenvalue weighted by Crippen LogP contribution is 2.35. The van der Waals surface area contributed by atoms with Crippen LogP contribution in [0.5, 0.6) is 0 Å². The molecular formula is C19H20N4OS. The first-order valence-corrected chi connectivity index (χ1v) is 9.43. The van der Waals surface area contributed by atoms with E-state index >= 15 is 0 Å². The monoisotopic (exact) mass is 352 g/mol. The fourth-order valence-corrected chi connectivity index (χ4v) is 4.35. The predicted molar refractivity (Wildman–Crippen MR) is 99.4 cm³/mol. The van der Waals surface area contributed by atoms with Gasteiger partial charge in [0, 0.05) is 12.7 Å². The average molecular weight is 352 g/mol. The molecule has 1 N–H and O–H groups in total. The molecule has 2 aromatic heterocycles. The summed E-state index contributed by atoms with van der Waals surface area (Å²) in [6.45, 7) is 1.22. The number of hydrogen-bond donors (Lipinski definition) is 1. The van der Waals surface area contributed by atoms with Gasteiger partial charge in [0.05, 0.1) is 28.5 Å². The normalized spacial score (nSPS) is 17.6. The number of hydrogen-bond acceptors (Lipinski definition) is 4. The lowest BCUT2D eigenvalue weighted by Crippen LogP contribution is -2.44. The molecule has 3 aromatic rings. The number of carbonyl (C=O) groups is 1. The second-order valence-corrected chi connectivity index (χ2v) is 7.27. The lowest BCUT2D eigenvalue weighted by molar-refractivity contribution is 0.151. The third-order valence-corrected chi connectivity index (χ3v) is 5.64. The van der Waals surface area contributed by atoms with E-state index in [0.717, 1.165) is 42.0 Å². The van der Waals surface area contributed by atoms with Gasteiger partial charge in [0.25, 0.3) is 0 Å². The van der Waals surface area contributed by atoms with Crippen molar-refractivity contribution >= 4 is 27.6 Å². The maximum absolute atomic E-state index is 12.7. The molecule has 0 radical (unpaired) electrons. The molecule has 5 nitrogen and oxygen atoms in total. The largest absolute Gasteiger partial charge is 0.332 e. The van der Waals surface area contributed by atoms with E-state index in [9.17, 15) is 4.79 Å². The van der Waals surface area contributed by atoms with E-state index in [1.165, 1.54) is 4.70 Å². The van der Waals surface area contributed by atoms with Crippen LogP contribution in [0.25, 0.3) is 10.2 Å². The molecular weight excluding hydrogens is 332 g/mol. The van der Waals surface area contributed by atoms with E-state index in [1.54, 1.807) is 17.5 Å². The maximum Gasteiger partial charge on any atom is 0.318 e. The topological polar surface area (TPSA) is 58.1 Å². The lowest BCUT2D eigenvalue weighted by atomic mass is 10.0. The van der Waals surface area contributed by atoms with Gasteiger partial charge in [-0.2, -0.15) is 0 Å². The Morgan fingerprint density at radius 1 is 1.20 bits per heavy atom. The minimum Gasteiger partial charge on any atom is -0.332 e. The highest BCUT2D eigenvalue weighted by atomic mass is 32.1. The molecule has 1 aliphatic heterocycles. The van der Waals surface area contributed by atoms with Crippen LogP contribution in [0.2, 0.25) is 0 Å². The summed E-state index contributed by atoms with van der Waals surface area (Å²) in [5.74, 6) is 0. The van der Waals surface area contributed by atoms with Crippen LogP contribution in [0.1, 0.15) is 36.0 Å². The van der Waals surface area contributed by atoms with E-state index in [-0.39, 0.29) is 12.1 Å². The molecule has 0 saturated carbocycles. The first-order valence-electron chi connectivity index (χ1n) is 8.61. The molecule has 25 heavy (non-hydrogen) atoms. The smallest absolute Gasteiger partial charge is 0.318 e. The van der Waals surface area contributed by atoms with Crippen molar-refractivity contribution in [3.8, 4) is 0 Å². The minimum atomic E-state index is -0.0328. The molecule has 1 fully saturated rings. The van der Waals surface area contributed by atoms with E-state index in [2.05, 4.69) is 16.4 Å². The van der Waals surface area contributed by atoms with Crippen molar-refractivity contribution in [1.29, 1.82) is 0 Å². The van der Waals surface area contributed by atoms with Gasteiger partial charge in [-0.3, -0.25) is 4.98 Å². The molecule has 2 amide bonds. The standard InChI is InChI=1S/C19H20N4OS/c24-19(21-13-14-7-3-5-11-20-14)23-12-6-4-9-16(23)18-22-15-8-1-2-10-17(15)25-18/h1-3,5,7-8,10-11,16H,4,6,9,12-13H2,(H,21,24). The van der Waals surface area contributed by atoms with Crippen LogP contribution in [0.15, 0.2) is 48.7 Å². The number of thiazole rings is 1. The third-order valence-electron chi connectivity index (χ3n) is 4.51.